The fourth-order valence-electron chi connectivity index (χ4n) is 12.6. The Bertz CT molecular complexity index is 2860. The fourth-order valence-corrected chi connectivity index (χ4v) is 12.6. The summed E-state index contributed by atoms with van der Waals surface area (Å²) in [4.78, 5) is 86.0. The summed E-state index contributed by atoms with van der Waals surface area (Å²) in [5.41, 5.74) is 11.1. The van der Waals surface area contributed by atoms with Gasteiger partial charge in [0, 0.05) is 30.9 Å². The normalized spacial score (nSPS) is 23.4. The minimum atomic E-state index is -0.511. The largest absolute Gasteiger partial charge is 0.469 e. The molecule has 1 saturated carbocycles. The second-order valence-electron chi connectivity index (χ2n) is 22.0. The van der Waals surface area contributed by atoms with Crippen molar-refractivity contribution < 1.29 is 28.7 Å². The van der Waals surface area contributed by atoms with E-state index in [1.54, 1.807) is 0 Å². The molecule has 2 unspecified atom stereocenters. The van der Waals surface area contributed by atoms with Crippen molar-refractivity contribution in [3.05, 3.63) is 93.7 Å². The molecule has 1 N–H and O–H groups in total. The number of aromatic amines is 1. The Hall–Kier alpha value is -5.95. The quantitative estimate of drug-likeness (QED) is 0.130. The molecule has 6 atom stereocenters. The number of carbonyl (C=O) groups excluding carboxylic acids is 4. The zero-order chi connectivity index (χ0) is 49.2. The van der Waals surface area contributed by atoms with Crippen LogP contribution in [-0.2, 0) is 41.5 Å². The summed E-state index contributed by atoms with van der Waals surface area (Å²) in [6.07, 6.45) is 10.5. The van der Waals surface area contributed by atoms with Gasteiger partial charge >= 0.3 is 11.9 Å². The number of amides is 2. The molecule has 2 amide bonds. The monoisotopic (exact) mass is 949 g/mol. The van der Waals surface area contributed by atoms with E-state index in [2.05, 4.69) is 59.4 Å². The maximum atomic E-state index is 14.1. The van der Waals surface area contributed by atoms with E-state index in [1.807, 2.05) is 55.8 Å². The molecule has 10 rings (SSSR count). The molecule has 0 radical (unpaired) electrons. The second kappa shape index (κ2) is 19.0. The van der Waals surface area contributed by atoms with Crippen molar-refractivity contribution in [3.8, 4) is 22.3 Å². The van der Waals surface area contributed by atoms with E-state index < -0.39 is 17.8 Å². The molecule has 13 nitrogen and oxygen atoms in total. The van der Waals surface area contributed by atoms with Gasteiger partial charge in [-0.3, -0.25) is 29.0 Å². The van der Waals surface area contributed by atoms with E-state index in [4.69, 9.17) is 19.5 Å². The van der Waals surface area contributed by atoms with Gasteiger partial charge in [-0.25, -0.2) is 4.98 Å². The number of likely N-dealkylation sites (tertiary alicyclic amines) is 3. The fraction of sp³-hybridized carbons (Fsp3) is 0.526. The number of H-pyrrole nitrogens is 1. The summed E-state index contributed by atoms with van der Waals surface area (Å²) in [7, 11) is 4.93. The smallest absolute Gasteiger partial charge is 0.306 e. The number of nitrogens with zero attached hydrogens (tertiary/aromatic N) is 5. The van der Waals surface area contributed by atoms with Gasteiger partial charge in [-0.2, -0.15) is 0 Å². The molecular weight excluding hydrogens is 881 g/mol. The number of esters is 2. The number of hydrogen-bond acceptors (Lipinski definition) is 10. The van der Waals surface area contributed by atoms with Crippen LogP contribution in [0.5, 0.6) is 0 Å². The number of fused-ring (bicyclic) bond motifs is 3. The van der Waals surface area contributed by atoms with Crippen molar-refractivity contribution in [3.63, 3.8) is 0 Å². The van der Waals surface area contributed by atoms with Gasteiger partial charge in [0.2, 0.25) is 11.8 Å². The average Bonchev–Trinajstić information content (AvgIpc) is 3.83. The molecule has 4 aliphatic heterocycles. The number of rotatable bonds is 13. The van der Waals surface area contributed by atoms with Crippen LogP contribution < -0.4 is 5.56 Å². The zero-order valence-corrected chi connectivity index (χ0v) is 41.9. The number of aromatic nitrogens is 2. The van der Waals surface area contributed by atoms with E-state index in [-0.39, 0.29) is 71.6 Å². The predicted molar refractivity (Wildman–Crippen MR) is 271 cm³/mol. The number of hydrogen-bond donors (Lipinski definition) is 1. The van der Waals surface area contributed by atoms with E-state index in [9.17, 15) is 24.0 Å². The van der Waals surface area contributed by atoms with Crippen molar-refractivity contribution in [1.29, 1.82) is 0 Å². The van der Waals surface area contributed by atoms with Crippen LogP contribution in [0.25, 0.3) is 38.7 Å². The number of ether oxygens (including phenoxy) is 2. The predicted octanol–water partition coefficient (Wildman–Crippen LogP) is 8.58. The standard InChI is InChI=1S/C57H68N6O7/c1-32(2)41(27-51(64)69-6)55(67)62-20-8-9-48(62)47-24-38(31-58-47)34-10-12-35(13-11-34)39-15-16-40(45-30-57(29-44(39)45)18-21-61(5)22-19-57)36-14-17-46-43(23-36)54(66)60-53(59-46)50-26-37-25-49(37)63(50)56(68)42(33(3)4)28-52(65)70-7/h10-17,23,31-33,37,41-42,48-50H,8-9,18-22,24-30H2,1-7H3,(H,59,60,66)/t37?,41-,42-,48-,49?,50-/m0/s1. The number of nitrogens with one attached hydrogen (secondary N) is 1. The highest BCUT2D eigenvalue weighted by molar-refractivity contribution is 6.03. The molecule has 1 aromatic heterocycles. The molecule has 3 saturated heterocycles. The molecule has 3 aromatic carbocycles. The lowest BCUT2D eigenvalue weighted by atomic mass is 9.75. The van der Waals surface area contributed by atoms with Gasteiger partial charge in [0.1, 0.15) is 5.82 Å². The highest BCUT2D eigenvalue weighted by Gasteiger charge is 2.56. The zero-order valence-electron chi connectivity index (χ0n) is 41.9. The second-order valence-corrected chi connectivity index (χ2v) is 22.0. The highest BCUT2D eigenvalue weighted by Crippen LogP contribution is 2.54. The number of methoxy groups -OCH3 is 2. The third-order valence-electron chi connectivity index (χ3n) is 17.0. The summed E-state index contributed by atoms with van der Waals surface area (Å²) in [5, 5.41) is 0.521. The van der Waals surface area contributed by atoms with Crippen molar-refractivity contribution in [2.45, 2.75) is 116 Å². The van der Waals surface area contributed by atoms with E-state index in [1.165, 1.54) is 36.5 Å². The van der Waals surface area contributed by atoms with Gasteiger partial charge < -0.3 is 29.2 Å². The number of aliphatic imine (C=N–C) groups is 1. The minimum Gasteiger partial charge on any atom is -0.469 e. The molecule has 1 spiro atoms. The average molecular weight is 949 g/mol. The molecular formula is C57H68N6O7. The number of carbonyl (C=O) groups is 4. The molecule has 368 valence electrons. The van der Waals surface area contributed by atoms with Crippen LogP contribution in [0.15, 0.2) is 70.6 Å². The van der Waals surface area contributed by atoms with Gasteiger partial charge in [0.25, 0.3) is 5.56 Å². The maximum absolute atomic E-state index is 14.1. The Kier molecular flexibility index (Phi) is 12.9. The summed E-state index contributed by atoms with van der Waals surface area (Å²) in [5.74, 6) is -0.923. The lowest BCUT2D eigenvalue weighted by molar-refractivity contribution is -0.149. The first kappa shape index (κ1) is 47.7. The van der Waals surface area contributed by atoms with Crippen molar-refractivity contribution in [2.75, 3.05) is 40.9 Å². The van der Waals surface area contributed by atoms with Crippen LogP contribution >= 0.6 is 0 Å². The number of allylic oxidation sites excluding steroid dienone is 1. The summed E-state index contributed by atoms with van der Waals surface area (Å²) in [6, 6.07) is 19.1. The lowest BCUT2D eigenvalue weighted by Gasteiger charge is -2.37. The molecule has 6 aliphatic rings. The van der Waals surface area contributed by atoms with E-state index in [0.717, 1.165) is 92.4 Å². The Morgan fingerprint density at radius 2 is 1.39 bits per heavy atom. The van der Waals surface area contributed by atoms with Crippen molar-refractivity contribution in [1.82, 2.24) is 24.7 Å². The summed E-state index contributed by atoms with van der Waals surface area (Å²) in [6.45, 7) is 10.7. The van der Waals surface area contributed by atoms with Gasteiger partial charge in [0.05, 0.1) is 61.9 Å². The molecule has 70 heavy (non-hydrogen) atoms. The molecule has 13 heteroatoms. The minimum absolute atomic E-state index is 0.0117. The Morgan fingerprint density at radius 1 is 0.771 bits per heavy atom. The van der Waals surface area contributed by atoms with Crippen LogP contribution in [0.3, 0.4) is 0 Å². The lowest BCUT2D eigenvalue weighted by Crippen LogP contribution is -2.45. The Balaban J connectivity index is 0.901. The van der Waals surface area contributed by atoms with Crippen LogP contribution in [0.1, 0.15) is 114 Å². The van der Waals surface area contributed by atoms with Gasteiger partial charge in [0.15, 0.2) is 0 Å². The molecule has 4 aromatic rings. The van der Waals surface area contributed by atoms with Gasteiger partial charge in [-0.1, -0.05) is 70.2 Å². The Labute approximate surface area is 411 Å². The van der Waals surface area contributed by atoms with E-state index in [0.29, 0.717) is 35.6 Å². The van der Waals surface area contributed by atoms with Crippen LogP contribution in [-0.4, -0.2) is 107 Å². The number of piperidine rings is 2. The van der Waals surface area contributed by atoms with Crippen molar-refractivity contribution >= 4 is 45.9 Å². The first-order valence-corrected chi connectivity index (χ1v) is 25.7. The molecule has 5 heterocycles. The first-order valence-electron chi connectivity index (χ1n) is 25.7. The molecule has 4 fully saturated rings. The van der Waals surface area contributed by atoms with E-state index >= 15 is 0 Å². The Morgan fingerprint density at radius 3 is 2.03 bits per heavy atom. The first-order chi connectivity index (χ1) is 33.6. The van der Waals surface area contributed by atoms with Gasteiger partial charge in [-0.15, -0.1) is 0 Å². The van der Waals surface area contributed by atoms with Crippen LogP contribution in [0.4, 0.5) is 0 Å². The number of benzene rings is 3. The van der Waals surface area contributed by atoms with Gasteiger partial charge in [-0.05, 0) is 151 Å². The third-order valence-corrected chi connectivity index (χ3v) is 17.0. The third kappa shape index (κ3) is 8.92. The van der Waals surface area contributed by atoms with Crippen LogP contribution in [0, 0.1) is 35.0 Å². The highest BCUT2D eigenvalue weighted by atomic mass is 16.5. The molecule has 0 bridgehead atoms. The topological polar surface area (TPSA) is 155 Å². The maximum Gasteiger partial charge on any atom is 0.306 e. The van der Waals surface area contributed by atoms with Crippen molar-refractivity contribution in [2.24, 2.45) is 40.0 Å². The SMILES string of the molecule is COC(=O)C[C@H](C(=O)N1CCC[C@H]1C1=NC=C(c2ccc(-c3ccc(-c4ccc5nc([C@@H]6CC7CC7N6C(=O)[C@@H](CC(=O)OC)C(C)C)[nH]c(=O)c5c4)c4c3CC3(CCN(C)CC3)C4)cc2)C1)C(C)C. The van der Waals surface area contributed by atoms with Crippen LogP contribution in [0.2, 0.25) is 0 Å². The summed E-state index contributed by atoms with van der Waals surface area (Å²) < 4.78 is 9.88. The molecule has 2 aliphatic carbocycles. The summed E-state index contributed by atoms with van der Waals surface area (Å²) >= 11 is 0.